The minimum Gasteiger partial charge on any atom is -0.488 e. The van der Waals surface area contributed by atoms with Gasteiger partial charge in [-0.1, -0.05) is 6.07 Å². The van der Waals surface area contributed by atoms with E-state index in [1.807, 2.05) is 0 Å². The first kappa shape index (κ1) is 13.0. The van der Waals surface area contributed by atoms with Crippen LogP contribution >= 0.6 is 0 Å². The summed E-state index contributed by atoms with van der Waals surface area (Å²) in [5, 5.41) is 17.8. The molecular formula is C10H14BFO4. The third kappa shape index (κ3) is 3.48. The Hall–Kier alpha value is -1.11. The summed E-state index contributed by atoms with van der Waals surface area (Å²) in [6.45, 7) is 1.97. The maximum absolute atomic E-state index is 13.3. The monoisotopic (exact) mass is 228 g/mol. The van der Waals surface area contributed by atoms with Gasteiger partial charge in [0.2, 0.25) is 0 Å². The molecular weight excluding hydrogens is 214 g/mol. The lowest BCUT2D eigenvalue weighted by atomic mass is 9.80. The topological polar surface area (TPSA) is 58.9 Å². The lowest BCUT2D eigenvalue weighted by Crippen LogP contribution is -2.30. The molecule has 1 aromatic carbocycles. The summed E-state index contributed by atoms with van der Waals surface area (Å²) >= 11 is 0. The first-order chi connectivity index (χ1) is 7.54. The maximum atomic E-state index is 13.3. The molecule has 0 fully saturated rings. The molecule has 1 atom stereocenters. The van der Waals surface area contributed by atoms with Gasteiger partial charge in [0.15, 0.2) is 11.6 Å². The van der Waals surface area contributed by atoms with Crippen LogP contribution in [0.15, 0.2) is 18.2 Å². The van der Waals surface area contributed by atoms with Crippen molar-refractivity contribution in [3.63, 3.8) is 0 Å². The van der Waals surface area contributed by atoms with Crippen LogP contribution in [0.2, 0.25) is 0 Å². The summed E-state index contributed by atoms with van der Waals surface area (Å²) in [7, 11) is -0.110. The zero-order chi connectivity index (χ0) is 12.1. The molecule has 0 saturated carbocycles. The third-order valence-corrected chi connectivity index (χ3v) is 2.13. The summed E-state index contributed by atoms with van der Waals surface area (Å²) < 4.78 is 23.4. The van der Waals surface area contributed by atoms with E-state index in [0.29, 0.717) is 0 Å². The number of hydrogen-bond acceptors (Lipinski definition) is 4. The molecule has 0 aliphatic heterocycles. The van der Waals surface area contributed by atoms with Crippen LogP contribution in [0.5, 0.6) is 5.75 Å². The van der Waals surface area contributed by atoms with Crippen molar-refractivity contribution in [1.29, 1.82) is 0 Å². The second kappa shape index (κ2) is 5.84. The molecule has 0 heterocycles. The molecule has 2 N–H and O–H groups in total. The van der Waals surface area contributed by atoms with Gasteiger partial charge < -0.3 is 19.5 Å². The molecule has 1 aromatic rings. The smallest absolute Gasteiger partial charge is 0.488 e. The Labute approximate surface area is 93.8 Å². The van der Waals surface area contributed by atoms with Crippen LogP contribution in [0, 0.1) is 5.82 Å². The van der Waals surface area contributed by atoms with Gasteiger partial charge in [0.1, 0.15) is 6.61 Å². The fourth-order valence-corrected chi connectivity index (χ4v) is 1.07. The van der Waals surface area contributed by atoms with Crippen molar-refractivity contribution in [3.05, 3.63) is 24.0 Å². The van der Waals surface area contributed by atoms with E-state index in [4.69, 9.17) is 19.5 Å². The molecule has 6 heteroatoms. The minimum atomic E-state index is -1.64. The summed E-state index contributed by atoms with van der Waals surface area (Å²) in [5.41, 5.74) is 0.182. The van der Waals surface area contributed by atoms with Crippen molar-refractivity contribution in [2.75, 3.05) is 13.7 Å². The second-order valence-corrected chi connectivity index (χ2v) is 3.42. The average molecular weight is 228 g/mol. The van der Waals surface area contributed by atoms with Crippen molar-refractivity contribution in [2.45, 2.75) is 13.0 Å². The van der Waals surface area contributed by atoms with Gasteiger partial charge in [0, 0.05) is 7.11 Å². The van der Waals surface area contributed by atoms with Gasteiger partial charge in [-0.25, -0.2) is 4.39 Å². The molecule has 16 heavy (non-hydrogen) atoms. The number of hydrogen-bond donors (Lipinski definition) is 2. The predicted octanol–water partition coefficient (Wildman–Crippen LogP) is -0.0808. The third-order valence-electron chi connectivity index (χ3n) is 2.13. The summed E-state index contributed by atoms with van der Waals surface area (Å²) in [6, 6.07) is 3.66. The Morgan fingerprint density at radius 2 is 2.12 bits per heavy atom. The van der Waals surface area contributed by atoms with Gasteiger partial charge in [0.05, 0.1) is 6.10 Å². The fourth-order valence-electron chi connectivity index (χ4n) is 1.07. The first-order valence-electron chi connectivity index (χ1n) is 4.85. The highest BCUT2D eigenvalue weighted by molar-refractivity contribution is 6.58. The summed E-state index contributed by atoms with van der Waals surface area (Å²) in [6.07, 6.45) is -0.165. The predicted molar refractivity (Wildman–Crippen MR) is 58.2 cm³/mol. The highest BCUT2D eigenvalue weighted by Gasteiger charge is 2.14. The molecule has 0 aromatic heterocycles. The zero-order valence-electron chi connectivity index (χ0n) is 9.18. The van der Waals surface area contributed by atoms with Crippen LogP contribution in [-0.2, 0) is 4.74 Å². The molecule has 0 bridgehead atoms. The molecule has 0 spiro atoms. The van der Waals surface area contributed by atoms with Gasteiger partial charge in [-0.2, -0.15) is 0 Å². The normalized spacial score (nSPS) is 12.3. The van der Waals surface area contributed by atoms with Crippen LogP contribution in [-0.4, -0.2) is 37.0 Å². The van der Waals surface area contributed by atoms with E-state index in [1.54, 1.807) is 6.92 Å². The number of rotatable bonds is 5. The largest absolute Gasteiger partial charge is 0.488 e. The van der Waals surface area contributed by atoms with Crippen LogP contribution in [0.3, 0.4) is 0 Å². The van der Waals surface area contributed by atoms with Gasteiger partial charge >= 0.3 is 7.12 Å². The van der Waals surface area contributed by atoms with E-state index < -0.39 is 12.9 Å². The van der Waals surface area contributed by atoms with E-state index in [2.05, 4.69) is 0 Å². The fraction of sp³-hybridized carbons (Fsp3) is 0.400. The lowest BCUT2D eigenvalue weighted by molar-refractivity contribution is 0.0702. The maximum Gasteiger partial charge on any atom is 0.488 e. The van der Waals surface area contributed by atoms with Crippen LogP contribution in [0.1, 0.15) is 6.92 Å². The van der Waals surface area contributed by atoms with Gasteiger partial charge in [0.25, 0.3) is 0 Å². The Morgan fingerprint density at radius 3 is 2.69 bits per heavy atom. The molecule has 0 saturated heterocycles. The Morgan fingerprint density at radius 1 is 1.44 bits per heavy atom. The number of ether oxygens (including phenoxy) is 2. The molecule has 1 unspecified atom stereocenters. The Balaban J connectivity index is 2.74. The van der Waals surface area contributed by atoms with Crippen LogP contribution < -0.4 is 10.2 Å². The van der Waals surface area contributed by atoms with E-state index in [-0.39, 0.29) is 23.9 Å². The van der Waals surface area contributed by atoms with E-state index in [1.165, 1.54) is 19.2 Å². The van der Waals surface area contributed by atoms with Crippen molar-refractivity contribution in [2.24, 2.45) is 0 Å². The SMILES string of the molecule is COC(C)COc1cc(B(O)O)ccc1F. The molecule has 0 aliphatic rings. The zero-order valence-corrected chi connectivity index (χ0v) is 9.18. The lowest BCUT2D eigenvalue weighted by Gasteiger charge is -2.12. The van der Waals surface area contributed by atoms with Gasteiger partial charge in [-0.3, -0.25) is 0 Å². The average Bonchev–Trinajstić information content (AvgIpc) is 2.27. The molecule has 88 valence electrons. The van der Waals surface area contributed by atoms with Crippen molar-refractivity contribution < 1.29 is 23.9 Å². The van der Waals surface area contributed by atoms with Gasteiger partial charge in [-0.05, 0) is 24.5 Å². The van der Waals surface area contributed by atoms with Crippen molar-refractivity contribution >= 4 is 12.6 Å². The first-order valence-corrected chi connectivity index (χ1v) is 4.85. The Kier molecular flexibility index (Phi) is 4.73. The Bertz CT molecular complexity index is 346. The highest BCUT2D eigenvalue weighted by Crippen LogP contribution is 2.15. The highest BCUT2D eigenvalue weighted by atomic mass is 19.1. The standard InChI is InChI=1S/C10H14BFO4/c1-7(15-2)6-16-10-5-8(11(13)14)3-4-9(10)12/h3-5,7,13-14H,6H2,1-2H3. The van der Waals surface area contributed by atoms with E-state index >= 15 is 0 Å². The van der Waals surface area contributed by atoms with Crippen LogP contribution in [0.25, 0.3) is 0 Å². The number of methoxy groups -OCH3 is 1. The molecule has 0 amide bonds. The molecule has 0 radical (unpaired) electrons. The molecule has 1 rings (SSSR count). The second-order valence-electron chi connectivity index (χ2n) is 3.42. The van der Waals surface area contributed by atoms with Crippen molar-refractivity contribution in [3.8, 4) is 5.75 Å². The number of benzene rings is 1. The van der Waals surface area contributed by atoms with E-state index in [9.17, 15) is 4.39 Å². The molecule has 4 nitrogen and oxygen atoms in total. The molecule has 0 aliphatic carbocycles. The summed E-state index contributed by atoms with van der Waals surface area (Å²) in [5.74, 6) is -0.567. The summed E-state index contributed by atoms with van der Waals surface area (Å²) in [4.78, 5) is 0. The minimum absolute atomic E-state index is 0.0190. The quantitative estimate of drug-likeness (QED) is 0.692. The van der Waals surface area contributed by atoms with Crippen LogP contribution in [0.4, 0.5) is 4.39 Å². The van der Waals surface area contributed by atoms with Crippen molar-refractivity contribution in [1.82, 2.24) is 0 Å². The van der Waals surface area contributed by atoms with E-state index in [0.717, 1.165) is 6.07 Å². The number of halogens is 1. The van der Waals surface area contributed by atoms with Gasteiger partial charge in [-0.15, -0.1) is 0 Å².